The Balaban J connectivity index is 1.75. The summed E-state index contributed by atoms with van der Waals surface area (Å²) in [5.74, 6) is -0.0730. The molecule has 9 nitrogen and oxygen atoms in total. The fraction of sp³-hybridized carbons (Fsp3) is 0.600. The highest BCUT2D eigenvalue weighted by Crippen LogP contribution is 2.23. The van der Waals surface area contributed by atoms with Crippen LogP contribution in [0.3, 0.4) is 0 Å². The summed E-state index contributed by atoms with van der Waals surface area (Å²) in [6.45, 7) is 5.93. The van der Waals surface area contributed by atoms with Gasteiger partial charge in [-0.2, -0.15) is 0 Å². The van der Waals surface area contributed by atoms with Crippen molar-refractivity contribution in [2.45, 2.75) is 32.4 Å². The Hall–Kier alpha value is -2.42. The molecule has 24 heavy (non-hydrogen) atoms. The molecule has 1 aromatic heterocycles. The Morgan fingerprint density at radius 3 is 2.79 bits per heavy atom. The van der Waals surface area contributed by atoms with Gasteiger partial charge in [-0.05, 0) is 20.8 Å². The number of rotatable bonds is 3. The molecule has 1 atom stereocenters. The fourth-order valence-corrected chi connectivity index (χ4v) is 2.92. The van der Waals surface area contributed by atoms with Gasteiger partial charge in [0.25, 0.3) is 5.91 Å². The standard InChI is InChI=1S/C15H21N5O4/c1-9-6-16-12(17-9)10-8-24-5-4-19(10)11(21)7-20-13(22)15(2,3)18-14(20)23/h6,10H,4-5,7-8H2,1-3H3,(H,16,17)(H,18,23)/t10-/m1/s1. The van der Waals surface area contributed by atoms with E-state index >= 15 is 0 Å². The van der Waals surface area contributed by atoms with E-state index in [1.54, 1.807) is 24.9 Å². The van der Waals surface area contributed by atoms with Crippen molar-refractivity contribution in [2.24, 2.45) is 0 Å². The van der Waals surface area contributed by atoms with E-state index in [2.05, 4.69) is 15.3 Å². The van der Waals surface area contributed by atoms with E-state index in [4.69, 9.17) is 4.74 Å². The molecule has 0 radical (unpaired) electrons. The van der Waals surface area contributed by atoms with Crippen LogP contribution in [-0.4, -0.2) is 69.5 Å². The van der Waals surface area contributed by atoms with Crippen molar-refractivity contribution in [3.05, 3.63) is 17.7 Å². The van der Waals surface area contributed by atoms with Gasteiger partial charge in [0, 0.05) is 18.4 Å². The van der Waals surface area contributed by atoms with Crippen LogP contribution in [0.2, 0.25) is 0 Å². The molecule has 0 spiro atoms. The summed E-state index contributed by atoms with van der Waals surface area (Å²) in [7, 11) is 0. The minimum absolute atomic E-state index is 0.287. The van der Waals surface area contributed by atoms with Crippen LogP contribution in [0.1, 0.15) is 31.4 Å². The topological polar surface area (TPSA) is 108 Å². The number of urea groups is 1. The van der Waals surface area contributed by atoms with Crippen molar-refractivity contribution in [3.63, 3.8) is 0 Å². The van der Waals surface area contributed by atoms with Crippen LogP contribution in [0.15, 0.2) is 6.20 Å². The molecular weight excluding hydrogens is 314 g/mol. The van der Waals surface area contributed by atoms with Crippen LogP contribution in [-0.2, 0) is 14.3 Å². The number of amides is 4. The molecule has 3 rings (SSSR count). The summed E-state index contributed by atoms with van der Waals surface area (Å²) in [5.41, 5.74) is -0.0984. The minimum Gasteiger partial charge on any atom is -0.377 e. The van der Waals surface area contributed by atoms with Gasteiger partial charge in [0.05, 0.1) is 13.2 Å². The molecule has 0 saturated carbocycles. The number of hydrogen-bond donors (Lipinski definition) is 2. The van der Waals surface area contributed by atoms with E-state index in [9.17, 15) is 14.4 Å². The van der Waals surface area contributed by atoms with Gasteiger partial charge >= 0.3 is 6.03 Å². The summed E-state index contributed by atoms with van der Waals surface area (Å²) < 4.78 is 5.46. The van der Waals surface area contributed by atoms with Crippen molar-refractivity contribution in [1.82, 2.24) is 25.1 Å². The number of aromatic nitrogens is 2. The normalized spacial score (nSPS) is 23.5. The van der Waals surface area contributed by atoms with Crippen LogP contribution in [0, 0.1) is 6.92 Å². The smallest absolute Gasteiger partial charge is 0.325 e. The predicted molar refractivity (Wildman–Crippen MR) is 82.9 cm³/mol. The number of ether oxygens (including phenoxy) is 1. The number of imidazole rings is 1. The highest BCUT2D eigenvalue weighted by molar-refractivity contribution is 6.08. The SMILES string of the molecule is Cc1cnc([C@H]2COCCN2C(=O)CN2C(=O)NC(C)(C)C2=O)[nH]1. The number of aromatic amines is 1. The third-order valence-corrected chi connectivity index (χ3v) is 4.22. The number of carbonyl (C=O) groups excluding carboxylic acids is 3. The summed E-state index contributed by atoms with van der Waals surface area (Å²) >= 11 is 0. The molecule has 0 unspecified atom stereocenters. The molecule has 130 valence electrons. The minimum atomic E-state index is -0.986. The van der Waals surface area contributed by atoms with Gasteiger partial charge in [0.2, 0.25) is 5.91 Å². The molecule has 2 N–H and O–H groups in total. The van der Waals surface area contributed by atoms with Crippen molar-refractivity contribution in [2.75, 3.05) is 26.3 Å². The van der Waals surface area contributed by atoms with Crippen LogP contribution >= 0.6 is 0 Å². The number of nitrogens with zero attached hydrogens (tertiary/aromatic N) is 3. The Bertz CT molecular complexity index is 683. The van der Waals surface area contributed by atoms with E-state index in [0.717, 1.165) is 10.6 Å². The average molecular weight is 335 g/mol. The quantitative estimate of drug-likeness (QED) is 0.753. The fourth-order valence-electron chi connectivity index (χ4n) is 2.92. The first-order valence-corrected chi connectivity index (χ1v) is 7.82. The maximum absolute atomic E-state index is 12.7. The Kier molecular flexibility index (Phi) is 4.04. The lowest BCUT2D eigenvalue weighted by molar-refractivity contribution is -0.144. The molecule has 0 aliphatic carbocycles. The van der Waals surface area contributed by atoms with Crippen LogP contribution in [0.5, 0.6) is 0 Å². The number of morpholine rings is 1. The third kappa shape index (κ3) is 2.86. The zero-order valence-electron chi connectivity index (χ0n) is 14.0. The molecule has 1 aromatic rings. The molecule has 9 heteroatoms. The lowest BCUT2D eigenvalue weighted by atomic mass is 10.1. The third-order valence-electron chi connectivity index (χ3n) is 4.22. The first kappa shape index (κ1) is 16.4. The van der Waals surface area contributed by atoms with Crippen molar-refractivity contribution < 1.29 is 19.1 Å². The number of hydrogen-bond acceptors (Lipinski definition) is 5. The summed E-state index contributed by atoms with van der Waals surface area (Å²) in [5, 5.41) is 2.57. The van der Waals surface area contributed by atoms with Crippen molar-refractivity contribution in [1.29, 1.82) is 0 Å². The van der Waals surface area contributed by atoms with Gasteiger partial charge in [-0.15, -0.1) is 0 Å². The van der Waals surface area contributed by atoms with E-state index in [1.165, 1.54) is 0 Å². The largest absolute Gasteiger partial charge is 0.377 e. The number of aryl methyl sites for hydroxylation is 1. The lowest BCUT2D eigenvalue weighted by Crippen LogP contribution is -2.49. The van der Waals surface area contributed by atoms with Gasteiger partial charge in [0.15, 0.2) is 0 Å². The summed E-state index contributed by atoms with van der Waals surface area (Å²) in [4.78, 5) is 46.8. The van der Waals surface area contributed by atoms with Crippen molar-refractivity contribution in [3.8, 4) is 0 Å². The van der Waals surface area contributed by atoms with Gasteiger partial charge in [-0.25, -0.2) is 9.78 Å². The zero-order chi connectivity index (χ0) is 17.5. The molecule has 2 saturated heterocycles. The summed E-state index contributed by atoms with van der Waals surface area (Å²) in [6, 6.07) is -0.897. The van der Waals surface area contributed by atoms with Crippen LogP contribution in [0.25, 0.3) is 0 Å². The van der Waals surface area contributed by atoms with E-state index in [0.29, 0.717) is 25.6 Å². The first-order chi connectivity index (χ1) is 11.3. The van der Waals surface area contributed by atoms with E-state index in [1.807, 2.05) is 6.92 Å². The monoisotopic (exact) mass is 335 g/mol. The Labute approximate surface area is 139 Å². The van der Waals surface area contributed by atoms with E-state index in [-0.39, 0.29) is 18.5 Å². The zero-order valence-corrected chi connectivity index (χ0v) is 14.0. The Morgan fingerprint density at radius 2 is 2.21 bits per heavy atom. The van der Waals surface area contributed by atoms with Crippen LogP contribution in [0.4, 0.5) is 4.79 Å². The predicted octanol–water partition coefficient (Wildman–Crippen LogP) is -0.0516. The Morgan fingerprint density at radius 1 is 1.46 bits per heavy atom. The average Bonchev–Trinajstić information content (AvgIpc) is 3.04. The maximum atomic E-state index is 12.7. The molecule has 2 aliphatic heterocycles. The van der Waals surface area contributed by atoms with Crippen LogP contribution < -0.4 is 5.32 Å². The van der Waals surface area contributed by atoms with Gasteiger partial charge in [-0.3, -0.25) is 14.5 Å². The molecule has 0 bridgehead atoms. The molecular formula is C15H21N5O4. The summed E-state index contributed by atoms with van der Waals surface area (Å²) in [6.07, 6.45) is 1.69. The number of carbonyl (C=O) groups is 3. The molecule has 2 fully saturated rings. The van der Waals surface area contributed by atoms with Crippen molar-refractivity contribution >= 4 is 17.8 Å². The number of imide groups is 1. The number of H-pyrrole nitrogens is 1. The van der Waals surface area contributed by atoms with E-state index < -0.39 is 17.5 Å². The highest BCUT2D eigenvalue weighted by Gasteiger charge is 2.45. The second-order valence-electron chi connectivity index (χ2n) is 6.58. The van der Waals surface area contributed by atoms with Gasteiger partial charge < -0.3 is 19.9 Å². The molecule has 4 amide bonds. The maximum Gasteiger partial charge on any atom is 0.325 e. The number of nitrogens with one attached hydrogen (secondary N) is 2. The van der Waals surface area contributed by atoms with Gasteiger partial charge in [0.1, 0.15) is 23.9 Å². The lowest BCUT2D eigenvalue weighted by Gasteiger charge is -2.35. The highest BCUT2D eigenvalue weighted by atomic mass is 16.5. The molecule has 0 aromatic carbocycles. The molecule has 3 heterocycles. The first-order valence-electron chi connectivity index (χ1n) is 7.82. The molecule has 2 aliphatic rings. The second kappa shape index (κ2) is 5.90. The van der Waals surface area contributed by atoms with Gasteiger partial charge in [-0.1, -0.05) is 0 Å². The second-order valence-corrected chi connectivity index (χ2v) is 6.58.